The fourth-order valence-electron chi connectivity index (χ4n) is 2.51. The summed E-state index contributed by atoms with van der Waals surface area (Å²) in [7, 11) is 0. The maximum absolute atomic E-state index is 10.1. The molecule has 4 aromatic rings. The van der Waals surface area contributed by atoms with Crippen molar-refractivity contribution in [3.05, 3.63) is 66.9 Å². The summed E-state index contributed by atoms with van der Waals surface area (Å²) < 4.78 is 1.62. The molecule has 5 nitrogen and oxygen atoms in total. The molecule has 2 aromatic carbocycles. The molecule has 106 valence electrons. The molecule has 0 amide bonds. The minimum Gasteiger partial charge on any atom is -0.491 e. The predicted molar refractivity (Wildman–Crippen MR) is 83.3 cm³/mol. The summed E-state index contributed by atoms with van der Waals surface area (Å²) in [5, 5.41) is 22.5. The quantitative estimate of drug-likeness (QED) is 0.615. The summed E-state index contributed by atoms with van der Waals surface area (Å²) in [4.78, 5) is 0. The maximum atomic E-state index is 10.1. The van der Waals surface area contributed by atoms with E-state index in [-0.39, 0.29) is 5.88 Å². The molecule has 0 aliphatic carbocycles. The van der Waals surface area contributed by atoms with Crippen molar-refractivity contribution in [2.24, 2.45) is 0 Å². The van der Waals surface area contributed by atoms with E-state index in [4.69, 9.17) is 0 Å². The highest BCUT2D eigenvalue weighted by atomic mass is 16.3. The Labute approximate surface area is 126 Å². The number of aromatic hydroxyl groups is 1. The van der Waals surface area contributed by atoms with Crippen LogP contribution in [0, 0.1) is 0 Å². The molecule has 0 aliphatic rings. The molecule has 5 heteroatoms. The smallest absolute Gasteiger partial charge is 0.257 e. The molecule has 0 unspecified atom stereocenters. The molecule has 0 atom stereocenters. The van der Waals surface area contributed by atoms with Crippen molar-refractivity contribution >= 4 is 5.65 Å². The molecule has 22 heavy (non-hydrogen) atoms. The zero-order chi connectivity index (χ0) is 14.9. The van der Waals surface area contributed by atoms with Gasteiger partial charge in [-0.2, -0.15) is 5.10 Å². The topological polar surface area (TPSA) is 63.3 Å². The van der Waals surface area contributed by atoms with Gasteiger partial charge in [0.15, 0.2) is 5.65 Å². The molecule has 0 spiro atoms. The van der Waals surface area contributed by atoms with Crippen molar-refractivity contribution in [1.82, 2.24) is 19.8 Å². The SMILES string of the molecule is Oc1nnc2c(-c3ccccc3)cnn2c1-c1ccccc1. The number of aromatic nitrogens is 4. The van der Waals surface area contributed by atoms with E-state index in [0.717, 1.165) is 16.7 Å². The lowest BCUT2D eigenvalue weighted by Gasteiger charge is -2.06. The van der Waals surface area contributed by atoms with E-state index in [1.54, 1.807) is 10.7 Å². The third-order valence-corrected chi connectivity index (χ3v) is 3.54. The second-order valence-electron chi connectivity index (χ2n) is 4.90. The summed E-state index contributed by atoms with van der Waals surface area (Å²) in [6, 6.07) is 19.4. The van der Waals surface area contributed by atoms with E-state index < -0.39 is 0 Å². The van der Waals surface area contributed by atoms with Gasteiger partial charge in [0.05, 0.1) is 6.20 Å². The van der Waals surface area contributed by atoms with Crippen molar-refractivity contribution in [2.45, 2.75) is 0 Å². The summed E-state index contributed by atoms with van der Waals surface area (Å²) in [5.74, 6) is -0.138. The summed E-state index contributed by atoms with van der Waals surface area (Å²) >= 11 is 0. The van der Waals surface area contributed by atoms with Crippen LogP contribution in [0.5, 0.6) is 5.88 Å². The van der Waals surface area contributed by atoms with E-state index >= 15 is 0 Å². The molecule has 0 bridgehead atoms. The molecular formula is C17H12N4O. The lowest BCUT2D eigenvalue weighted by molar-refractivity contribution is 0.443. The lowest BCUT2D eigenvalue weighted by Crippen LogP contribution is -1.99. The molecule has 0 aliphatic heterocycles. The highest BCUT2D eigenvalue weighted by Crippen LogP contribution is 2.30. The van der Waals surface area contributed by atoms with Gasteiger partial charge in [-0.25, -0.2) is 4.52 Å². The Kier molecular flexibility index (Phi) is 2.83. The van der Waals surface area contributed by atoms with Gasteiger partial charge in [0.25, 0.3) is 5.88 Å². The van der Waals surface area contributed by atoms with Crippen LogP contribution in [0.3, 0.4) is 0 Å². The van der Waals surface area contributed by atoms with Crippen LogP contribution in [0.1, 0.15) is 0 Å². The van der Waals surface area contributed by atoms with Gasteiger partial charge in [-0.1, -0.05) is 60.7 Å². The Morgan fingerprint density at radius 3 is 2.09 bits per heavy atom. The molecule has 1 N–H and O–H groups in total. The van der Waals surface area contributed by atoms with Crippen LogP contribution < -0.4 is 0 Å². The summed E-state index contributed by atoms with van der Waals surface area (Å²) in [6.45, 7) is 0. The first-order valence-corrected chi connectivity index (χ1v) is 6.89. The zero-order valence-electron chi connectivity index (χ0n) is 11.6. The van der Waals surface area contributed by atoms with E-state index in [9.17, 15) is 5.11 Å². The number of fused-ring (bicyclic) bond motifs is 1. The van der Waals surface area contributed by atoms with Gasteiger partial charge in [0.1, 0.15) is 5.69 Å². The van der Waals surface area contributed by atoms with Crippen LogP contribution in [0.2, 0.25) is 0 Å². The maximum Gasteiger partial charge on any atom is 0.257 e. The first kappa shape index (κ1) is 12.5. The van der Waals surface area contributed by atoms with Crippen molar-refractivity contribution in [3.8, 4) is 28.3 Å². The molecule has 2 heterocycles. The normalized spacial score (nSPS) is 10.9. The molecule has 0 radical (unpaired) electrons. The standard InChI is InChI=1S/C17H12N4O/c22-17-15(13-9-5-2-6-10-13)21-16(19-20-17)14(11-18-21)12-7-3-1-4-8-12/h1-11,22H. The van der Waals surface area contributed by atoms with Crippen LogP contribution in [0.25, 0.3) is 28.0 Å². The third kappa shape index (κ3) is 1.91. The molecule has 0 saturated carbocycles. The third-order valence-electron chi connectivity index (χ3n) is 3.54. The van der Waals surface area contributed by atoms with Gasteiger partial charge in [0, 0.05) is 11.1 Å². The van der Waals surface area contributed by atoms with Crippen molar-refractivity contribution < 1.29 is 5.11 Å². The Hall–Kier alpha value is -3.21. The fraction of sp³-hybridized carbons (Fsp3) is 0. The average Bonchev–Trinajstić information content (AvgIpc) is 3.00. The monoisotopic (exact) mass is 288 g/mol. The molecular weight excluding hydrogens is 276 g/mol. The van der Waals surface area contributed by atoms with Gasteiger partial charge in [0.2, 0.25) is 0 Å². The summed E-state index contributed by atoms with van der Waals surface area (Å²) in [6.07, 6.45) is 1.74. The zero-order valence-corrected chi connectivity index (χ0v) is 11.6. The van der Waals surface area contributed by atoms with E-state index in [2.05, 4.69) is 15.3 Å². The molecule has 0 fully saturated rings. The van der Waals surface area contributed by atoms with Crippen LogP contribution in [0.4, 0.5) is 0 Å². The Bertz CT molecular complexity index is 933. The van der Waals surface area contributed by atoms with Crippen LogP contribution in [-0.4, -0.2) is 24.9 Å². The number of benzene rings is 2. The van der Waals surface area contributed by atoms with E-state index in [1.807, 2.05) is 60.7 Å². The van der Waals surface area contributed by atoms with Crippen LogP contribution in [0.15, 0.2) is 66.9 Å². The van der Waals surface area contributed by atoms with E-state index in [1.165, 1.54) is 0 Å². The molecule has 4 rings (SSSR count). The molecule has 2 aromatic heterocycles. The number of nitrogens with zero attached hydrogens (tertiary/aromatic N) is 4. The number of hydrogen-bond donors (Lipinski definition) is 1. The minimum absolute atomic E-state index is 0.138. The molecule has 0 saturated heterocycles. The Morgan fingerprint density at radius 1 is 0.773 bits per heavy atom. The Balaban J connectivity index is 2.00. The largest absolute Gasteiger partial charge is 0.491 e. The van der Waals surface area contributed by atoms with E-state index in [0.29, 0.717) is 11.3 Å². The first-order valence-electron chi connectivity index (χ1n) is 6.89. The van der Waals surface area contributed by atoms with Crippen molar-refractivity contribution in [3.63, 3.8) is 0 Å². The van der Waals surface area contributed by atoms with Gasteiger partial charge in [-0.3, -0.25) is 0 Å². The average molecular weight is 288 g/mol. The second kappa shape index (κ2) is 4.96. The highest BCUT2D eigenvalue weighted by Gasteiger charge is 2.16. The fourth-order valence-corrected chi connectivity index (χ4v) is 2.51. The minimum atomic E-state index is -0.138. The van der Waals surface area contributed by atoms with Crippen molar-refractivity contribution in [1.29, 1.82) is 0 Å². The predicted octanol–water partition coefficient (Wildman–Crippen LogP) is 3.16. The van der Waals surface area contributed by atoms with Crippen LogP contribution >= 0.6 is 0 Å². The number of rotatable bonds is 2. The highest BCUT2D eigenvalue weighted by molar-refractivity contribution is 5.79. The van der Waals surface area contributed by atoms with Gasteiger partial charge < -0.3 is 5.11 Å². The number of hydrogen-bond acceptors (Lipinski definition) is 4. The first-order chi connectivity index (χ1) is 10.8. The Morgan fingerprint density at radius 2 is 1.41 bits per heavy atom. The van der Waals surface area contributed by atoms with Gasteiger partial charge in [-0.05, 0) is 5.56 Å². The summed E-state index contributed by atoms with van der Waals surface area (Å²) in [5.41, 5.74) is 3.88. The van der Waals surface area contributed by atoms with Gasteiger partial charge in [-0.15, -0.1) is 10.2 Å². The van der Waals surface area contributed by atoms with Crippen molar-refractivity contribution in [2.75, 3.05) is 0 Å². The second-order valence-corrected chi connectivity index (χ2v) is 4.90. The van der Waals surface area contributed by atoms with Gasteiger partial charge >= 0.3 is 0 Å². The lowest BCUT2D eigenvalue weighted by atomic mass is 10.1. The van der Waals surface area contributed by atoms with Crippen LogP contribution in [-0.2, 0) is 0 Å².